The van der Waals surface area contributed by atoms with Crippen molar-refractivity contribution >= 4 is 18.3 Å². The van der Waals surface area contributed by atoms with Gasteiger partial charge in [-0.3, -0.25) is 4.79 Å². The molecule has 1 aliphatic rings. The Hall–Kier alpha value is -1.06. The van der Waals surface area contributed by atoms with Crippen molar-refractivity contribution in [2.45, 2.75) is 51.5 Å². The maximum atomic E-state index is 12.4. The van der Waals surface area contributed by atoms with Crippen molar-refractivity contribution in [3.05, 3.63) is 35.9 Å². The number of benzene rings is 1. The molecule has 1 aromatic carbocycles. The van der Waals surface area contributed by atoms with Gasteiger partial charge in [0.2, 0.25) is 5.91 Å². The molecule has 0 heterocycles. The van der Waals surface area contributed by atoms with E-state index < -0.39 is 0 Å². The summed E-state index contributed by atoms with van der Waals surface area (Å²) in [6.45, 7) is 4.96. The first-order chi connectivity index (χ1) is 9.52. The number of nitrogens with two attached hydrogens (primary N) is 1. The van der Waals surface area contributed by atoms with E-state index in [-0.39, 0.29) is 24.2 Å². The van der Waals surface area contributed by atoms with E-state index in [1.807, 2.05) is 30.3 Å². The van der Waals surface area contributed by atoms with Gasteiger partial charge in [0.1, 0.15) is 0 Å². The van der Waals surface area contributed by atoms with Crippen molar-refractivity contribution in [3.8, 4) is 0 Å². The standard InChI is InChI=1S/C17H26N2O.ClH/c1-17(2)10-8-14(9-11-17)19-16(20)15(12-18)13-6-4-3-5-7-13;/h3-7,14-15H,8-12,18H2,1-2H3,(H,19,20);1H. The summed E-state index contributed by atoms with van der Waals surface area (Å²) in [7, 11) is 0. The van der Waals surface area contributed by atoms with Crippen LogP contribution in [0.3, 0.4) is 0 Å². The van der Waals surface area contributed by atoms with E-state index in [1.165, 1.54) is 12.8 Å². The van der Waals surface area contributed by atoms with Gasteiger partial charge < -0.3 is 11.1 Å². The van der Waals surface area contributed by atoms with Gasteiger partial charge in [-0.15, -0.1) is 12.4 Å². The number of carbonyl (C=O) groups excluding carboxylic acids is 1. The molecule has 3 N–H and O–H groups in total. The van der Waals surface area contributed by atoms with E-state index in [0.29, 0.717) is 18.0 Å². The number of halogens is 1. The zero-order chi connectivity index (χ0) is 14.6. The number of nitrogens with one attached hydrogen (secondary N) is 1. The predicted molar refractivity (Wildman–Crippen MR) is 89.7 cm³/mol. The van der Waals surface area contributed by atoms with Crippen molar-refractivity contribution in [1.82, 2.24) is 5.32 Å². The number of carbonyl (C=O) groups is 1. The lowest BCUT2D eigenvalue weighted by molar-refractivity contribution is -0.123. The molecule has 1 amide bonds. The quantitative estimate of drug-likeness (QED) is 0.897. The Bertz CT molecular complexity index is 437. The summed E-state index contributed by atoms with van der Waals surface area (Å²) >= 11 is 0. The van der Waals surface area contributed by atoms with Gasteiger partial charge >= 0.3 is 0 Å². The SMILES string of the molecule is CC1(C)CCC(NC(=O)C(CN)c2ccccc2)CC1.Cl. The lowest BCUT2D eigenvalue weighted by atomic mass is 9.75. The Morgan fingerprint density at radius 2 is 1.86 bits per heavy atom. The maximum Gasteiger partial charge on any atom is 0.229 e. The van der Waals surface area contributed by atoms with Crippen molar-refractivity contribution < 1.29 is 4.79 Å². The largest absolute Gasteiger partial charge is 0.353 e. The highest BCUT2D eigenvalue weighted by atomic mass is 35.5. The van der Waals surface area contributed by atoms with E-state index in [1.54, 1.807) is 0 Å². The van der Waals surface area contributed by atoms with Crippen LogP contribution in [-0.2, 0) is 4.79 Å². The summed E-state index contributed by atoms with van der Waals surface area (Å²) in [5.41, 5.74) is 7.22. The van der Waals surface area contributed by atoms with Gasteiger partial charge in [0.15, 0.2) is 0 Å². The molecular formula is C17H27ClN2O. The van der Waals surface area contributed by atoms with Crippen molar-refractivity contribution in [3.63, 3.8) is 0 Å². The molecule has 1 atom stereocenters. The van der Waals surface area contributed by atoms with Crippen LogP contribution in [0.5, 0.6) is 0 Å². The molecule has 0 bridgehead atoms. The topological polar surface area (TPSA) is 55.1 Å². The second kappa shape index (κ2) is 7.81. The van der Waals surface area contributed by atoms with Gasteiger partial charge in [0.25, 0.3) is 0 Å². The fourth-order valence-electron chi connectivity index (χ4n) is 2.93. The molecule has 0 radical (unpaired) electrons. The Morgan fingerprint density at radius 1 is 1.29 bits per heavy atom. The lowest BCUT2D eigenvalue weighted by Crippen LogP contribution is -2.43. The van der Waals surface area contributed by atoms with Gasteiger partial charge in [-0.25, -0.2) is 0 Å². The molecule has 1 aliphatic carbocycles. The molecule has 0 saturated heterocycles. The van der Waals surface area contributed by atoms with Crippen LogP contribution in [0.2, 0.25) is 0 Å². The van der Waals surface area contributed by atoms with E-state index in [2.05, 4.69) is 19.2 Å². The first kappa shape index (κ1) is 18.0. The number of rotatable bonds is 4. The smallest absolute Gasteiger partial charge is 0.229 e. The van der Waals surface area contributed by atoms with Gasteiger partial charge in [-0.1, -0.05) is 44.2 Å². The molecule has 0 aromatic heterocycles. The third-order valence-electron chi connectivity index (χ3n) is 4.44. The second-order valence-corrected chi connectivity index (χ2v) is 6.65. The molecule has 2 rings (SSSR count). The van der Waals surface area contributed by atoms with E-state index in [4.69, 9.17) is 5.73 Å². The van der Waals surface area contributed by atoms with Crippen LogP contribution in [0.25, 0.3) is 0 Å². The fourth-order valence-corrected chi connectivity index (χ4v) is 2.93. The minimum Gasteiger partial charge on any atom is -0.353 e. The molecule has 21 heavy (non-hydrogen) atoms. The molecule has 0 spiro atoms. The predicted octanol–water partition coefficient (Wildman–Crippen LogP) is 3.24. The summed E-state index contributed by atoms with van der Waals surface area (Å²) in [4.78, 5) is 12.4. The molecule has 0 aliphatic heterocycles. The molecular weight excluding hydrogens is 284 g/mol. The van der Waals surface area contributed by atoms with Crippen LogP contribution >= 0.6 is 12.4 Å². The van der Waals surface area contributed by atoms with Crippen LogP contribution in [0.1, 0.15) is 51.0 Å². The van der Waals surface area contributed by atoms with Crippen molar-refractivity contribution in [2.24, 2.45) is 11.1 Å². The first-order valence-electron chi connectivity index (χ1n) is 7.57. The van der Waals surface area contributed by atoms with E-state index >= 15 is 0 Å². The highest BCUT2D eigenvalue weighted by Crippen LogP contribution is 2.35. The number of amides is 1. The van der Waals surface area contributed by atoms with Crippen LogP contribution in [0, 0.1) is 5.41 Å². The van der Waals surface area contributed by atoms with Gasteiger partial charge in [0, 0.05) is 12.6 Å². The molecule has 1 saturated carbocycles. The van der Waals surface area contributed by atoms with Crippen molar-refractivity contribution in [1.29, 1.82) is 0 Å². The molecule has 1 unspecified atom stereocenters. The Balaban J connectivity index is 0.00000220. The third-order valence-corrected chi connectivity index (χ3v) is 4.44. The summed E-state index contributed by atoms with van der Waals surface area (Å²) in [5, 5.41) is 3.19. The number of hydrogen-bond donors (Lipinski definition) is 2. The second-order valence-electron chi connectivity index (χ2n) is 6.65. The fraction of sp³-hybridized carbons (Fsp3) is 0.588. The van der Waals surface area contributed by atoms with Gasteiger partial charge in [0.05, 0.1) is 5.92 Å². The lowest BCUT2D eigenvalue weighted by Gasteiger charge is -2.35. The van der Waals surface area contributed by atoms with Crippen LogP contribution < -0.4 is 11.1 Å². The van der Waals surface area contributed by atoms with Crippen LogP contribution in [0.4, 0.5) is 0 Å². The minimum absolute atomic E-state index is 0. The normalized spacial score (nSPS) is 19.4. The average molecular weight is 311 g/mol. The van der Waals surface area contributed by atoms with E-state index in [9.17, 15) is 4.79 Å². The molecule has 1 aromatic rings. The first-order valence-corrected chi connectivity index (χ1v) is 7.57. The minimum atomic E-state index is -0.230. The zero-order valence-electron chi connectivity index (χ0n) is 13.0. The summed E-state index contributed by atoms with van der Waals surface area (Å²) < 4.78 is 0. The molecule has 4 heteroatoms. The number of hydrogen-bond acceptors (Lipinski definition) is 2. The highest BCUT2D eigenvalue weighted by molar-refractivity contribution is 5.85. The summed E-state index contributed by atoms with van der Waals surface area (Å²) in [5.74, 6) is -0.158. The monoisotopic (exact) mass is 310 g/mol. The van der Waals surface area contributed by atoms with Gasteiger partial charge in [-0.05, 0) is 36.7 Å². The van der Waals surface area contributed by atoms with Crippen molar-refractivity contribution in [2.75, 3.05) is 6.54 Å². The average Bonchev–Trinajstić information content (AvgIpc) is 2.43. The van der Waals surface area contributed by atoms with E-state index in [0.717, 1.165) is 18.4 Å². The molecule has 118 valence electrons. The highest BCUT2D eigenvalue weighted by Gasteiger charge is 2.29. The third kappa shape index (κ3) is 5.01. The Kier molecular flexibility index (Phi) is 6.69. The van der Waals surface area contributed by atoms with Crippen LogP contribution in [0.15, 0.2) is 30.3 Å². The van der Waals surface area contributed by atoms with Gasteiger partial charge in [-0.2, -0.15) is 0 Å². The Morgan fingerprint density at radius 3 is 2.38 bits per heavy atom. The zero-order valence-corrected chi connectivity index (χ0v) is 13.8. The summed E-state index contributed by atoms with van der Waals surface area (Å²) in [6.07, 6.45) is 4.50. The van der Waals surface area contributed by atoms with Crippen LogP contribution in [-0.4, -0.2) is 18.5 Å². The molecule has 3 nitrogen and oxygen atoms in total. The summed E-state index contributed by atoms with van der Waals surface area (Å²) in [6, 6.07) is 10.1. The maximum absolute atomic E-state index is 12.4. The molecule has 1 fully saturated rings. The Labute approximate surface area is 134 Å².